The molecule has 0 saturated carbocycles. The van der Waals surface area contributed by atoms with Crippen LogP contribution < -0.4 is 0 Å². The van der Waals surface area contributed by atoms with Gasteiger partial charge in [-0.3, -0.25) is 4.99 Å². The zero-order valence-electron chi connectivity index (χ0n) is 10.6. The molecule has 0 aromatic heterocycles. The second-order valence-corrected chi connectivity index (χ2v) is 5.07. The van der Waals surface area contributed by atoms with Gasteiger partial charge in [0.25, 0.3) is 0 Å². The number of dihydropyridines is 1. The minimum absolute atomic E-state index is 0.419. The third-order valence-corrected chi connectivity index (χ3v) is 3.76. The first-order chi connectivity index (χ1) is 8.93. The average Bonchev–Trinajstić information content (AvgIpc) is 2.49. The summed E-state index contributed by atoms with van der Waals surface area (Å²) in [5, 5.41) is 0. The van der Waals surface area contributed by atoms with E-state index >= 15 is 0 Å². The molecule has 1 heterocycles. The van der Waals surface area contributed by atoms with Crippen LogP contribution in [0.4, 0.5) is 0 Å². The minimum atomic E-state index is 0.419. The molecule has 2 unspecified atom stereocenters. The van der Waals surface area contributed by atoms with Gasteiger partial charge in [-0.1, -0.05) is 48.6 Å². The zero-order valence-corrected chi connectivity index (χ0v) is 10.6. The Hall–Kier alpha value is -1.63. The lowest BCUT2D eigenvalue weighted by atomic mass is 9.88. The third kappa shape index (κ3) is 2.45. The van der Waals surface area contributed by atoms with Crippen LogP contribution in [0.15, 0.2) is 65.2 Å². The second-order valence-electron chi connectivity index (χ2n) is 5.07. The zero-order chi connectivity index (χ0) is 12.2. The minimum Gasteiger partial charge on any atom is -0.280 e. The Morgan fingerprint density at radius 2 is 1.94 bits per heavy atom. The van der Waals surface area contributed by atoms with Crippen molar-refractivity contribution in [2.24, 2.45) is 10.9 Å². The van der Waals surface area contributed by atoms with Crippen LogP contribution in [0.3, 0.4) is 0 Å². The SMILES string of the molecule is C1=CCC(C2CC=CC(C3=CCCC=C3)=N2)C=C1. The number of rotatable bonds is 2. The fraction of sp³-hybridized carbons (Fsp3) is 0.353. The molecule has 1 heteroatoms. The molecule has 3 rings (SSSR count). The van der Waals surface area contributed by atoms with Gasteiger partial charge in [0.2, 0.25) is 0 Å². The van der Waals surface area contributed by atoms with Crippen LogP contribution in [-0.4, -0.2) is 11.8 Å². The summed E-state index contributed by atoms with van der Waals surface area (Å²) in [4.78, 5) is 4.95. The van der Waals surface area contributed by atoms with E-state index in [1.165, 1.54) is 17.7 Å². The van der Waals surface area contributed by atoms with Crippen molar-refractivity contribution in [3.63, 3.8) is 0 Å². The molecular formula is C17H19N. The predicted molar refractivity (Wildman–Crippen MR) is 77.8 cm³/mol. The maximum Gasteiger partial charge on any atom is 0.0643 e. The van der Waals surface area contributed by atoms with E-state index in [9.17, 15) is 0 Å². The maximum atomic E-state index is 4.95. The molecule has 1 nitrogen and oxygen atoms in total. The quantitative estimate of drug-likeness (QED) is 0.683. The van der Waals surface area contributed by atoms with Crippen molar-refractivity contribution in [2.45, 2.75) is 31.7 Å². The largest absolute Gasteiger partial charge is 0.280 e. The molecule has 0 spiro atoms. The molecule has 0 bridgehead atoms. The summed E-state index contributed by atoms with van der Waals surface area (Å²) in [5.74, 6) is 0.572. The van der Waals surface area contributed by atoms with E-state index in [0.717, 1.165) is 19.3 Å². The van der Waals surface area contributed by atoms with Crippen LogP contribution in [0.2, 0.25) is 0 Å². The Bertz CT molecular complexity index is 486. The van der Waals surface area contributed by atoms with E-state index < -0.39 is 0 Å². The molecule has 0 N–H and O–H groups in total. The summed E-state index contributed by atoms with van der Waals surface area (Å²) in [5.41, 5.74) is 2.47. The number of allylic oxidation sites excluding steroid dienone is 8. The van der Waals surface area contributed by atoms with Gasteiger partial charge < -0.3 is 0 Å². The molecule has 0 saturated heterocycles. The van der Waals surface area contributed by atoms with E-state index in [-0.39, 0.29) is 0 Å². The number of hydrogen-bond donors (Lipinski definition) is 0. The number of aliphatic imine (C=N–C) groups is 1. The molecule has 1 aliphatic heterocycles. The van der Waals surface area contributed by atoms with Crippen LogP contribution in [0.5, 0.6) is 0 Å². The molecule has 0 amide bonds. The first-order valence-corrected chi connectivity index (χ1v) is 6.88. The van der Waals surface area contributed by atoms with Crippen molar-refractivity contribution in [1.82, 2.24) is 0 Å². The Kier molecular flexibility index (Phi) is 3.40. The normalized spacial score (nSPS) is 30.2. The van der Waals surface area contributed by atoms with E-state index in [4.69, 9.17) is 4.99 Å². The lowest BCUT2D eigenvalue weighted by molar-refractivity contribution is 0.507. The van der Waals surface area contributed by atoms with Crippen molar-refractivity contribution in [3.8, 4) is 0 Å². The maximum absolute atomic E-state index is 4.95. The Morgan fingerprint density at radius 3 is 2.72 bits per heavy atom. The van der Waals surface area contributed by atoms with Crippen molar-refractivity contribution < 1.29 is 0 Å². The molecule has 0 aromatic carbocycles. The summed E-state index contributed by atoms with van der Waals surface area (Å²) in [7, 11) is 0. The number of nitrogens with zero attached hydrogens (tertiary/aromatic N) is 1. The van der Waals surface area contributed by atoms with Crippen LogP contribution in [0, 0.1) is 5.92 Å². The summed E-state index contributed by atoms with van der Waals surface area (Å²) in [6.07, 6.45) is 24.6. The highest BCUT2D eigenvalue weighted by atomic mass is 14.8. The lowest BCUT2D eigenvalue weighted by Gasteiger charge is -2.24. The van der Waals surface area contributed by atoms with Gasteiger partial charge in [0.15, 0.2) is 0 Å². The van der Waals surface area contributed by atoms with Crippen LogP contribution in [0.1, 0.15) is 25.7 Å². The van der Waals surface area contributed by atoms with Crippen LogP contribution in [-0.2, 0) is 0 Å². The first kappa shape index (κ1) is 11.5. The Balaban J connectivity index is 1.78. The van der Waals surface area contributed by atoms with Gasteiger partial charge in [-0.2, -0.15) is 0 Å². The molecule has 0 radical (unpaired) electrons. The van der Waals surface area contributed by atoms with Gasteiger partial charge in [-0.15, -0.1) is 0 Å². The van der Waals surface area contributed by atoms with Gasteiger partial charge in [0.05, 0.1) is 11.8 Å². The molecule has 0 fully saturated rings. The summed E-state index contributed by atoms with van der Waals surface area (Å²) in [6, 6.07) is 0.419. The smallest absolute Gasteiger partial charge is 0.0643 e. The van der Waals surface area contributed by atoms with E-state index in [1.807, 2.05) is 0 Å². The van der Waals surface area contributed by atoms with Gasteiger partial charge in [-0.05, 0) is 37.3 Å². The van der Waals surface area contributed by atoms with Gasteiger partial charge in [0, 0.05) is 5.92 Å². The van der Waals surface area contributed by atoms with Crippen LogP contribution >= 0.6 is 0 Å². The molecular weight excluding hydrogens is 218 g/mol. The molecule has 92 valence electrons. The molecule has 3 aliphatic rings. The van der Waals surface area contributed by atoms with Gasteiger partial charge >= 0.3 is 0 Å². The molecule has 0 aromatic rings. The summed E-state index contributed by atoms with van der Waals surface area (Å²) in [6.45, 7) is 0. The van der Waals surface area contributed by atoms with E-state index in [2.05, 4.69) is 54.7 Å². The lowest BCUT2D eigenvalue weighted by Crippen LogP contribution is -2.21. The molecule has 2 aliphatic carbocycles. The van der Waals surface area contributed by atoms with E-state index in [1.54, 1.807) is 0 Å². The highest BCUT2D eigenvalue weighted by Gasteiger charge is 2.20. The van der Waals surface area contributed by atoms with Gasteiger partial charge in [0.1, 0.15) is 0 Å². The highest BCUT2D eigenvalue weighted by molar-refractivity contribution is 6.10. The predicted octanol–water partition coefficient (Wildman–Crippen LogP) is 4.16. The topological polar surface area (TPSA) is 12.4 Å². The number of hydrogen-bond acceptors (Lipinski definition) is 1. The van der Waals surface area contributed by atoms with E-state index in [0.29, 0.717) is 12.0 Å². The fourth-order valence-corrected chi connectivity index (χ4v) is 2.72. The van der Waals surface area contributed by atoms with Crippen molar-refractivity contribution >= 4 is 5.71 Å². The average molecular weight is 237 g/mol. The fourth-order valence-electron chi connectivity index (χ4n) is 2.72. The first-order valence-electron chi connectivity index (χ1n) is 6.88. The highest BCUT2D eigenvalue weighted by Crippen LogP contribution is 2.25. The Morgan fingerprint density at radius 1 is 0.944 bits per heavy atom. The Labute approximate surface area is 109 Å². The van der Waals surface area contributed by atoms with Crippen LogP contribution in [0.25, 0.3) is 0 Å². The van der Waals surface area contributed by atoms with Crippen molar-refractivity contribution in [3.05, 3.63) is 60.3 Å². The third-order valence-electron chi connectivity index (χ3n) is 3.76. The second kappa shape index (κ2) is 5.34. The van der Waals surface area contributed by atoms with Crippen molar-refractivity contribution in [2.75, 3.05) is 0 Å². The summed E-state index contributed by atoms with van der Waals surface area (Å²) >= 11 is 0. The molecule has 18 heavy (non-hydrogen) atoms. The standard InChI is InChI=1S/C17H19N/c1-3-8-14(9-4-1)16-12-7-13-17(18-16)15-10-5-2-6-11-15/h1,3-5,7-8,10-11,13-14,16H,2,6,9,12H2. The van der Waals surface area contributed by atoms with Crippen molar-refractivity contribution in [1.29, 1.82) is 0 Å². The summed E-state index contributed by atoms with van der Waals surface area (Å²) < 4.78 is 0. The van der Waals surface area contributed by atoms with Gasteiger partial charge in [-0.25, -0.2) is 0 Å². The molecule has 2 atom stereocenters. The monoisotopic (exact) mass is 237 g/mol.